The quantitative estimate of drug-likeness (QED) is 0.592. The lowest BCUT2D eigenvalue weighted by atomic mass is 10.3. The van der Waals surface area contributed by atoms with Gasteiger partial charge in [-0.3, -0.25) is 0 Å². The lowest BCUT2D eigenvalue weighted by molar-refractivity contribution is 1.27. The maximum atomic E-state index is 4.29. The van der Waals surface area contributed by atoms with E-state index in [0.29, 0.717) is 0 Å². The van der Waals surface area contributed by atoms with Gasteiger partial charge in [-0.2, -0.15) is 0 Å². The van der Waals surface area contributed by atoms with Crippen LogP contribution in [0, 0.1) is 0 Å². The van der Waals surface area contributed by atoms with E-state index in [9.17, 15) is 0 Å². The molecule has 1 heterocycles. The minimum Gasteiger partial charge on any atom is -0.229 e. The number of thiazole rings is 1. The Kier molecular flexibility index (Phi) is 2.29. The van der Waals surface area contributed by atoms with Crippen molar-refractivity contribution in [3.63, 3.8) is 0 Å². The van der Waals surface area contributed by atoms with Crippen molar-refractivity contribution in [1.29, 1.82) is 0 Å². The first-order chi connectivity index (χ1) is 5.66. The number of benzene rings is 1. The summed E-state index contributed by atoms with van der Waals surface area (Å²) in [4.78, 5) is 5.99. The summed E-state index contributed by atoms with van der Waals surface area (Å²) in [5.41, 5.74) is 0.908. The van der Waals surface area contributed by atoms with Gasteiger partial charge in [-0.25, -0.2) is 4.98 Å². The zero-order valence-corrected chi connectivity index (χ0v) is 9.35. The number of aromatic nitrogens is 1. The number of rotatable bonds is 0. The standard InChI is InChI=1S/C7H5NS4/c9-3-1-4(10)6-5(2-3)12-7(11)8-6/h1-2,9-10H,(H,8,11). The highest BCUT2D eigenvalue weighted by atomic mass is 32.2. The second-order valence-electron chi connectivity index (χ2n) is 2.31. The molecule has 0 aliphatic carbocycles. The summed E-state index contributed by atoms with van der Waals surface area (Å²) in [6.45, 7) is 0. The van der Waals surface area contributed by atoms with Gasteiger partial charge in [-0.05, 0) is 12.1 Å². The highest BCUT2D eigenvalue weighted by Crippen LogP contribution is 2.31. The second kappa shape index (κ2) is 3.14. The van der Waals surface area contributed by atoms with Crippen LogP contribution in [0.5, 0.6) is 0 Å². The molecule has 0 saturated carbocycles. The van der Waals surface area contributed by atoms with Gasteiger partial charge in [-0.15, -0.1) is 49.2 Å². The van der Waals surface area contributed by atoms with Gasteiger partial charge in [-0.1, -0.05) is 0 Å². The van der Waals surface area contributed by atoms with Crippen molar-refractivity contribution in [2.24, 2.45) is 0 Å². The van der Waals surface area contributed by atoms with E-state index in [1.165, 1.54) is 11.3 Å². The van der Waals surface area contributed by atoms with E-state index >= 15 is 0 Å². The van der Waals surface area contributed by atoms with Gasteiger partial charge in [0, 0.05) is 9.79 Å². The van der Waals surface area contributed by atoms with E-state index in [-0.39, 0.29) is 0 Å². The molecule has 62 valence electrons. The summed E-state index contributed by atoms with van der Waals surface area (Å²) >= 11 is 14.2. The van der Waals surface area contributed by atoms with Crippen molar-refractivity contribution in [3.05, 3.63) is 12.1 Å². The molecule has 5 heteroatoms. The number of nitrogens with zero attached hydrogens (tertiary/aromatic N) is 1. The number of fused-ring (bicyclic) bond motifs is 1. The number of thiol groups is 3. The first kappa shape index (κ1) is 8.74. The van der Waals surface area contributed by atoms with E-state index in [1.54, 1.807) is 0 Å². The van der Waals surface area contributed by atoms with E-state index in [2.05, 4.69) is 42.9 Å². The lowest BCUT2D eigenvalue weighted by Gasteiger charge is -1.94. The minimum absolute atomic E-state index is 0.763. The Morgan fingerprint density at radius 3 is 2.67 bits per heavy atom. The largest absolute Gasteiger partial charge is 0.229 e. The van der Waals surface area contributed by atoms with E-state index in [1.807, 2.05) is 12.1 Å². The maximum Gasteiger partial charge on any atom is 0.148 e. The van der Waals surface area contributed by atoms with Crippen LogP contribution in [-0.2, 0) is 0 Å². The Hall–Kier alpha value is 0.160. The molecule has 2 rings (SSSR count). The minimum atomic E-state index is 0.763. The summed E-state index contributed by atoms with van der Waals surface area (Å²) in [5, 5.41) is 0. The van der Waals surface area contributed by atoms with Crippen LogP contribution in [0.4, 0.5) is 0 Å². The lowest BCUT2D eigenvalue weighted by Crippen LogP contribution is -1.72. The molecule has 0 fully saturated rings. The van der Waals surface area contributed by atoms with Crippen molar-refractivity contribution in [3.8, 4) is 0 Å². The maximum absolute atomic E-state index is 4.29. The predicted octanol–water partition coefficient (Wildman–Crippen LogP) is 3.16. The molecule has 0 bridgehead atoms. The zero-order chi connectivity index (χ0) is 8.72. The van der Waals surface area contributed by atoms with Gasteiger partial charge in [0.25, 0.3) is 0 Å². The molecular formula is C7H5NS4. The van der Waals surface area contributed by atoms with Gasteiger partial charge in [0.05, 0.1) is 10.2 Å². The molecule has 0 unspecified atom stereocenters. The molecule has 1 aromatic heterocycles. The highest BCUT2D eigenvalue weighted by Gasteiger charge is 2.04. The Labute approximate surface area is 90.4 Å². The van der Waals surface area contributed by atoms with Gasteiger partial charge in [0.2, 0.25) is 0 Å². The van der Waals surface area contributed by atoms with Crippen LogP contribution < -0.4 is 0 Å². The predicted molar refractivity (Wildman–Crippen MR) is 61.4 cm³/mol. The summed E-state index contributed by atoms with van der Waals surface area (Å²) in [6.07, 6.45) is 0. The van der Waals surface area contributed by atoms with Gasteiger partial charge in [0.1, 0.15) is 4.34 Å². The molecule has 0 atom stereocenters. The fraction of sp³-hybridized carbons (Fsp3) is 0. The third-order valence-electron chi connectivity index (χ3n) is 1.45. The molecule has 0 saturated heterocycles. The Balaban J connectivity index is 2.88. The van der Waals surface area contributed by atoms with Crippen LogP contribution >= 0.6 is 49.2 Å². The molecule has 0 aliphatic rings. The van der Waals surface area contributed by atoms with Crippen LogP contribution in [0.25, 0.3) is 10.2 Å². The molecule has 0 radical (unpaired) electrons. The van der Waals surface area contributed by atoms with Crippen molar-refractivity contribution < 1.29 is 0 Å². The first-order valence-electron chi connectivity index (χ1n) is 3.18. The third-order valence-corrected chi connectivity index (χ3v) is 3.23. The molecule has 0 spiro atoms. The topological polar surface area (TPSA) is 12.9 Å². The monoisotopic (exact) mass is 231 g/mol. The van der Waals surface area contributed by atoms with Gasteiger partial charge < -0.3 is 0 Å². The van der Waals surface area contributed by atoms with Crippen molar-refractivity contribution in [2.45, 2.75) is 14.1 Å². The summed E-state index contributed by atoms with van der Waals surface area (Å²) in [5.74, 6) is 0. The number of hydrogen-bond donors (Lipinski definition) is 3. The average molecular weight is 231 g/mol. The smallest absolute Gasteiger partial charge is 0.148 e. The third kappa shape index (κ3) is 1.46. The van der Waals surface area contributed by atoms with Crippen molar-refractivity contribution in [1.82, 2.24) is 4.98 Å². The van der Waals surface area contributed by atoms with E-state index in [0.717, 1.165) is 24.3 Å². The Morgan fingerprint density at radius 1 is 1.17 bits per heavy atom. The normalized spacial score (nSPS) is 10.9. The highest BCUT2D eigenvalue weighted by molar-refractivity contribution is 7.83. The molecule has 0 N–H and O–H groups in total. The molecule has 1 aromatic carbocycles. The fourth-order valence-electron chi connectivity index (χ4n) is 0.986. The summed E-state index contributed by atoms with van der Waals surface area (Å²) < 4.78 is 1.84. The first-order valence-corrected chi connectivity index (χ1v) is 5.34. The van der Waals surface area contributed by atoms with Gasteiger partial charge in [0.15, 0.2) is 0 Å². The molecule has 0 amide bonds. The van der Waals surface area contributed by atoms with Gasteiger partial charge >= 0.3 is 0 Å². The molecule has 1 nitrogen and oxygen atoms in total. The second-order valence-corrected chi connectivity index (χ2v) is 5.06. The molecule has 0 aliphatic heterocycles. The molecular weight excluding hydrogens is 226 g/mol. The van der Waals surface area contributed by atoms with Crippen LogP contribution in [-0.4, -0.2) is 4.98 Å². The Bertz CT molecular complexity index is 434. The zero-order valence-electron chi connectivity index (χ0n) is 5.85. The average Bonchev–Trinajstić information content (AvgIpc) is 2.29. The van der Waals surface area contributed by atoms with Crippen LogP contribution in [0.3, 0.4) is 0 Å². The van der Waals surface area contributed by atoms with E-state index < -0.39 is 0 Å². The van der Waals surface area contributed by atoms with Crippen LogP contribution in [0.2, 0.25) is 0 Å². The Morgan fingerprint density at radius 2 is 1.92 bits per heavy atom. The van der Waals surface area contributed by atoms with Crippen molar-refractivity contribution in [2.75, 3.05) is 0 Å². The number of hydrogen-bond acceptors (Lipinski definition) is 5. The van der Waals surface area contributed by atoms with Crippen molar-refractivity contribution >= 4 is 59.4 Å². The van der Waals surface area contributed by atoms with E-state index in [4.69, 9.17) is 0 Å². The summed E-state index contributed by atoms with van der Waals surface area (Å²) in [6, 6.07) is 3.84. The molecule has 12 heavy (non-hydrogen) atoms. The van der Waals surface area contributed by atoms with Crippen LogP contribution in [0.1, 0.15) is 0 Å². The summed E-state index contributed by atoms with van der Waals surface area (Å²) in [7, 11) is 0. The van der Waals surface area contributed by atoms with Crippen LogP contribution in [0.15, 0.2) is 26.3 Å². The molecule has 2 aromatic rings. The fourth-order valence-corrected chi connectivity index (χ4v) is 2.99. The SMILES string of the molecule is Sc1cc(S)c2nc(S)sc2c1.